The highest BCUT2D eigenvalue weighted by atomic mass is 16.2. The molecule has 0 spiro atoms. The molecule has 0 aromatic heterocycles. The predicted octanol–water partition coefficient (Wildman–Crippen LogP) is 0.631. The van der Waals surface area contributed by atoms with Crippen molar-refractivity contribution in [3.63, 3.8) is 0 Å². The summed E-state index contributed by atoms with van der Waals surface area (Å²) in [5.41, 5.74) is 5.86. The summed E-state index contributed by atoms with van der Waals surface area (Å²) in [5, 5.41) is 3.09. The summed E-state index contributed by atoms with van der Waals surface area (Å²) < 4.78 is 0. The largest absolute Gasteiger partial charge is 0.353 e. The summed E-state index contributed by atoms with van der Waals surface area (Å²) in [6.45, 7) is 3.46. The molecule has 0 aromatic rings. The summed E-state index contributed by atoms with van der Waals surface area (Å²) in [7, 11) is 0. The van der Waals surface area contributed by atoms with Crippen molar-refractivity contribution in [2.24, 2.45) is 11.7 Å². The van der Waals surface area contributed by atoms with Gasteiger partial charge in [-0.2, -0.15) is 0 Å². The lowest BCUT2D eigenvalue weighted by Gasteiger charge is -2.33. The Kier molecular flexibility index (Phi) is 4.80. The molecule has 108 valence electrons. The third-order valence-corrected chi connectivity index (χ3v) is 4.02. The monoisotopic (exact) mass is 267 g/mol. The second-order valence-electron chi connectivity index (χ2n) is 5.78. The molecule has 1 saturated heterocycles. The van der Waals surface area contributed by atoms with Crippen LogP contribution in [0.3, 0.4) is 0 Å². The molecule has 2 aliphatic rings. The van der Waals surface area contributed by atoms with E-state index in [9.17, 15) is 9.59 Å². The van der Waals surface area contributed by atoms with Crippen LogP contribution in [0.25, 0.3) is 0 Å². The van der Waals surface area contributed by atoms with E-state index >= 15 is 0 Å². The Labute approximate surface area is 114 Å². The molecule has 2 amide bonds. The number of carbonyl (C=O) groups is 2. The zero-order valence-corrected chi connectivity index (χ0v) is 11.7. The highest BCUT2D eigenvalue weighted by molar-refractivity contribution is 5.82. The van der Waals surface area contributed by atoms with Gasteiger partial charge in [0.1, 0.15) is 0 Å². The average Bonchev–Trinajstić information content (AvgIpc) is 3.23. The molecule has 2 fully saturated rings. The number of nitrogens with one attached hydrogen (secondary N) is 1. The molecule has 19 heavy (non-hydrogen) atoms. The van der Waals surface area contributed by atoms with Crippen molar-refractivity contribution < 1.29 is 9.59 Å². The maximum atomic E-state index is 12.0. The SMILES string of the molecule is CCC[C@H](N)C(=O)N1CCC(NC(=O)C2CC2)CC1. The maximum Gasteiger partial charge on any atom is 0.239 e. The lowest BCUT2D eigenvalue weighted by Crippen LogP contribution is -2.51. The van der Waals surface area contributed by atoms with E-state index in [0.717, 1.165) is 38.5 Å². The zero-order chi connectivity index (χ0) is 13.8. The van der Waals surface area contributed by atoms with Crippen LogP contribution in [0, 0.1) is 5.92 Å². The Hall–Kier alpha value is -1.10. The summed E-state index contributed by atoms with van der Waals surface area (Å²) in [5.74, 6) is 0.527. The molecule has 1 heterocycles. The van der Waals surface area contributed by atoms with Gasteiger partial charge >= 0.3 is 0 Å². The quantitative estimate of drug-likeness (QED) is 0.767. The Balaban J connectivity index is 1.72. The highest BCUT2D eigenvalue weighted by Crippen LogP contribution is 2.29. The third-order valence-electron chi connectivity index (χ3n) is 4.02. The molecular formula is C14H25N3O2. The van der Waals surface area contributed by atoms with Crippen LogP contribution in [-0.4, -0.2) is 41.9 Å². The number of carbonyl (C=O) groups excluding carboxylic acids is 2. The third kappa shape index (κ3) is 3.93. The van der Waals surface area contributed by atoms with Gasteiger partial charge in [-0.15, -0.1) is 0 Å². The van der Waals surface area contributed by atoms with E-state index in [4.69, 9.17) is 5.73 Å². The van der Waals surface area contributed by atoms with Gasteiger partial charge in [-0.3, -0.25) is 9.59 Å². The highest BCUT2D eigenvalue weighted by Gasteiger charge is 2.32. The fourth-order valence-corrected chi connectivity index (χ4v) is 2.58. The van der Waals surface area contributed by atoms with Crippen LogP contribution < -0.4 is 11.1 Å². The van der Waals surface area contributed by atoms with Gasteiger partial charge in [-0.05, 0) is 32.1 Å². The Morgan fingerprint density at radius 1 is 1.26 bits per heavy atom. The minimum Gasteiger partial charge on any atom is -0.353 e. The number of nitrogens with zero attached hydrogens (tertiary/aromatic N) is 1. The number of hydrogen-bond acceptors (Lipinski definition) is 3. The molecule has 0 radical (unpaired) electrons. The van der Waals surface area contributed by atoms with Crippen LogP contribution in [0.1, 0.15) is 45.4 Å². The van der Waals surface area contributed by atoms with Crippen molar-refractivity contribution >= 4 is 11.8 Å². The van der Waals surface area contributed by atoms with Crippen LogP contribution in [-0.2, 0) is 9.59 Å². The minimum absolute atomic E-state index is 0.0637. The van der Waals surface area contributed by atoms with Gasteiger partial charge in [0.25, 0.3) is 0 Å². The Morgan fingerprint density at radius 3 is 2.42 bits per heavy atom. The fourth-order valence-electron chi connectivity index (χ4n) is 2.58. The van der Waals surface area contributed by atoms with Gasteiger partial charge in [-0.1, -0.05) is 13.3 Å². The lowest BCUT2D eigenvalue weighted by atomic mass is 10.0. The van der Waals surface area contributed by atoms with Gasteiger partial charge < -0.3 is 16.0 Å². The van der Waals surface area contributed by atoms with Crippen LogP contribution in [0.5, 0.6) is 0 Å². The molecule has 5 nitrogen and oxygen atoms in total. The zero-order valence-electron chi connectivity index (χ0n) is 11.7. The van der Waals surface area contributed by atoms with Crippen LogP contribution >= 0.6 is 0 Å². The lowest BCUT2D eigenvalue weighted by molar-refractivity contribution is -0.134. The minimum atomic E-state index is -0.359. The molecule has 0 aromatic carbocycles. The first kappa shape index (κ1) is 14.3. The number of rotatable bonds is 5. The van der Waals surface area contributed by atoms with E-state index in [0.29, 0.717) is 13.1 Å². The molecule has 0 unspecified atom stereocenters. The summed E-state index contributed by atoms with van der Waals surface area (Å²) in [6, 6.07) is -0.123. The first-order chi connectivity index (χ1) is 9.11. The van der Waals surface area contributed by atoms with E-state index in [-0.39, 0.29) is 29.8 Å². The van der Waals surface area contributed by atoms with E-state index in [1.54, 1.807) is 0 Å². The number of hydrogen-bond donors (Lipinski definition) is 2. The van der Waals surface area contributed by atoms with Crippen molar-refractivity contribution in [3.8, 4) is 0 Å². The van der Waals surface area contributed by atoms with Gasteiger partial charge in [0, 0.05) is 25.0 Å². The van der Waals surface area contributed by atoms with Gasteiger partial charge in [-0.25, -0.2) is 0 Å². The van der Waals surface area contributed by atoms with Crippen LogP contribution in [0.15, 0.2) is 0 Å². The summed E-state index contributed by atoms with van der Waals surface area (Å²) >= 11 is 0. The van der Waals surface area contributed by atoms with Crippen molar-refractivity contribution in [2.45, 2.75) is 57.5 Å². The number of likely N-dealkylation sites (tertiary alicyclic amines) is 1. The first-order valence-electron chi connectivity index (χ1n) is 7.46. The predicted molar refractivity (Wildman–Crippen MR) is 73.4 cm³/mol. The molecule has 1 saturated carbocycles. The van der Waals surface area contributed by atoms with Gasteiger partial charge in [0.05, 0.1) is 6.04 Å². The maximum absolute atomic E-state index is 12.0. The molecule has 1 aliphatic heterocycles. The molecule has 3 N–H and O–H groups in total. The van der Waals surface area contributed by atoms with Crippen molar-refractivity contribution in [2.75, 3.05) is 13.1 Å². The standard InChI is InChI=1S/C14H25N3O2/c1-2-3-12(15)14(19)17-8-6-11(7-9-17)16-13(18)10-4-5-10/h10-12H,2-9,15H2,1H3,(H,16,18)/t12-/m0/s1. The van der Waals surface area contributed by atoms with Gasteiger partial charge in [0.2, 0.25) is 11.8 Å². The number of nitrogens with two attached hydrogens (primary N) is 1. The Morgan fingerprint density at radius 2 is 1.89 bits per heavy atom. The molecule has 0 bridgehead atoms. The number of amides is 2. The average molecular weight is 267 g/mol. The second kappa shape index (κ2) is 6.37. The normalized spacial score (nSPS) is 22.1. The Bertz CT molecular complexity index is 334. The van der Waals surface area contributed by atoms with E-state index in [2.05, 4.69) is 5.32 Å². The topological polar surface area (TPSA) is 75.4 Å². The molecule has 5 heteroatoms. The summed E-state index contributed by atoms with van der Waals surface area (Å²) in [4.78, 5) is 25.6. The second-order valence-corrected chi connectivity index (χ2v) is 5.78. The molecule has 1 aliphatic carbocycles. The summed E-state index contributed by atoms with van der Waals surface area (Å²) in [6.07, 6.45) is 5.45. The first-order valence-corrected chi connectivity index (χ1v) is 7.46. The molecule has 1 atom stereocenters. The van der Waals surface area contributed by atoms with Crippen LogP contribution in [0.2, 0.25) is 0 Å². The van der Waals surface area contributed by atoms with Crippen LogP contribution in [0.4, 0.5) is 0 Å². The van der Waals surface area contributed by atoms with Crippen molar-refractivity contribution in [1.82, 2.24) is 10.2 Å². The van der Waals surface area contributed by atoms with E-state index in [1.807, 2.05) is 11.8 Å². The van der Waals surface area contributed by atoms with Gasteiger partial charge in [0.15, 0.2) is 0 Å². The van der Waals surface area contributed by atoms with Crippen molar-refractivity contribution in [1.29, 1.82) is 0 Å². The number of piperidine rings is 1. The smallest absolute Gasteiger partial charge is 0.239 e. The fraction of sp³-hybridized carbons (Fsp3) is 0.857. The van der Waals surface area contributed by atoms with E-state index < -0.39 is 0 Å². The molecular weight excluding hydrogens is 242 g/mol. The van der Waals surface area contributed by atoms with E-state index in [1.165, 1.54) is 0 Å². The molecule has 2 rings (SSSR count). The van der Waals surface area contributed by atoms with Crippen molar-refractivity contribution in [3.05, 3.63) is 0 Å².